The Kier molecular flexibility index (Phi) is 5.18. The van der Waals surface area contributed by atoms with Crippen molar-refractivity contribution >= 4 is 11.7 Å². The van der Waals surface area contributed by atoms with Crippen molar-refractivity contribution in [2.75, 3.05) is 25.5 Å². The van der Waals surface area contributed by atoms with Crippen molar-refractivity contribution in [3.05, 3.63) is 48.7 Å². The molecule has 1 amide bonds. The smallest absolute Gasteiger partial charge is 0.289 e. The second kappa shape index (κ2) is 8.07. The van der Waals surface area contributed by atoms with Crippen LogP contribution in [0.3, 0.4) is 0 Å². The third-order valence-corrected chi connectivity index (χ3v) is 4.64. The van der Waals surface area contributed by atoms with Gasteiger partial charge in [0.1, 0.15) is 25.0 Å². The average Bonchev–Trinajstić information content (AvgIpc) is 3.41. The van der Waals surface area contributed by atoms with Gasteiger partial charge in [-0.2, -0.15) is 5.10 Å². The highest BCUT2D eigenvalue weighted by Crippen LogP contribution is 2.22. The molecule has 1 N–H and O–H groups in total. The van der Waals surface area contributed by atoms with E-state index in [0.29, 0.717) is 42.9 Å². The van der Waals surface area contributed by atoms with E-state index in [1.54, 1.807) is 42.6 Å². The van der Waals surface area contributed by atoms with Crippen LogP contribution in [-0.4, -0.2) is 61.8 Å². The number of rotatable bonds is 6. The minimum Gasteiger partial charge on any atom is -0.478 e. The van der Waals surface area contributed by atoms with E-state index in [2.05, 4.69) is 25.4 Å². The van der Waals surface area contributed by atoms with E-state index in [1.165, 1.54) is 6.33 Å². The monoisotopic (exact) mass is 383 g/mol. The number of ether oxygens (including phenoxy) is 1. The lowest BCUT2D eigenvalue weighted by molar-refractivity contribution is 0.0684. The van der Waals surface area contributed by atoms with Crippen molar-refractivity contribution in [3.63, 3.8) is 0 Å². The molecule has 0 aliphatic carbocycles. The number of nitrogens with one attached hydrogen (secondary N) is 1. The van der Waals surface area contributed by atoms with Crippen molar-refractivity contribution in [2.24, 2.45) is 0 Å². The number of furan rings is 1. The molecule has 3 aromatic heterocycles. The molecule has 1 fully saturated rings. The third kappa shape index (κ3) is 3.95. The Hall–Kier alpha value is -3.43. The van der Waals surface area contributed by atoms with Gasteiger partial charge in [0, 0.05) is 31.5 Å². The molecule has 3 aromatic rings. The molecule has 0 unspecified atom stereocenters. The number of amides is 1. The predicted molar refractivity (Wildman–Crippen MR) is 99.0 cm³/mol. The van der Waals surface area contributed by atoms with E-state index >= 15 is 0 Å². The Balaban J connectivity index is 1.32. The van der Waals surface area contributed by atoms with Gasteiger partial charge in [0.25, 0.3) is 11.8 Å². The predicted octanol–water partition coefficient (Wildman–Crippen LogP) is 1.43. The fourth-order valence-electron chi connectivity index (χ4n) is 3.20. The first-order valence-corrected chi connectivity index (χ1v) is 9.05. The maximum atomic E-state index is 12.7. The van der Waals surface area contributed by atoms with Crippen LogP contribution in [0.5, 0.6) is 5.88 Å². The van der Waals surface area contributed by atoms with Crippen LogP contribution in [0, 0.1) is 0 Å². The summed E-state index contributed by atoms with van der Waals surface area (Å²) in [6, 6.07) is 3.71. The van der Waals surface area contributed by atoms with E-state index in [4.69, 9.17) is 9.15 Å². The largest absolute Gasteiger partial charge is 0.478 e. The molecule has 1 saturated heterocycles. The first-order chi connectivity index (χ1) is 13.7. The van der Waals surface area contributed by atoms with Gasteiger partial charge in [0.15, 0.2) is 11.6 Å². The summed E-state index contributed by atoms with van der Waals surface area (Å²) in [5, 5.41) is 7.39. The van der Waals surface area contributed by atoms with Crippen LogP contribution in [0.4, 0.5) is 5.82 Å². The van der Waals surface area contributed by atoms with Gasteiger partial charge in [-0.1, -0.05) is 0 Å². The third-order valence-electron chi connectivity index (χ3n) is 4.64. The number of carbonyl (C=O) groups is 1. The van der Waals surface area contributed by atoms with Crippen LogP contribution in [0.2, 0.25) is 0 Å². The Morgan fingerprint density at radius 2 is 2.11 bits per heavy atom. The minimum atomic E-state index is -0.0969. The summed E-state index contributed by atoms with van der Waals surface area (Å²) in [5.74, 6) is 2.01. The topological polar surface area (TPSA) is 111 Å². The van der Waals surface area contributed by atoms with Crippen LogP contribution in [0.1, 0.15) is 29.2 Å². The van der Waals surface area contributed by atoms with Gasteiger partial charge in [0.2, 0.25) is 0 Å². The number of hydrogen-bond acceptors (Lipinski definition) is 8. The average molecular weight is 383 g/mol. The lowest BCUT2D eigenvalue weighted by atomic mass is 10.0. The van der Waals surface area contributed by atoms with Crippen LogP contribution < -0.4 is 10.1 Å². The Labute approximate surface area is 161 Å². The van der Waals surface area contributed by atoms with Gasteiger partial charge in [-0.05, 0) is 25.0 Å². The Morgan fingerprint density at radius 3 is 2.86 bits per heavy atom. The van der Waals surface area contributed by atoms with Crippen molar-refractivity contribution in [1.82, 2.24) is 29.6 Å². The molecular formula is C18H21N7O3. The number of likely N-dealkylation sites (tertiary alicyclic amines) is 1. The van der Waals surface area contributed by atoms with Crippen molar-refractivity contribution in [3.8, 4) is 5.88 Å². The summed E-state index contributed by atoms with van der Waals surface area (Å²) >= 11 is 0. The Bertz CT molecular complexity index is 917. The van der Waals surface area contributed by atoms with E-state index in [-0.39, 0.29) is 11.9 Å². The molecule has 0 spiro atoms. The number of methoxy groups -OCH3 is 1. The summed E-state index contributed by atoms with van der Waals surface area (Å²) in [6.45, 7) is 1.72. The van der Waals surface area contributed by atoms with E-state index in [0.717, 1.165) is 12.8 Å². The molecule has 0 saturated carbocycles. The molecule has 10 nitrogen and oxygen atoms in total. The maximum Gasteiger partial charge on any atom is 0.289 e. The van der Waals surface area contributed by atoms with Gasteiger partial charge in [-0.15, -0.1) is 0 Å². The van der Waals surface area contributed by atoms with E-state index in [9.17, 15) is 4.79 Å². The van der Waals surface area contributed by atoms with Crippen LogP contribution in [-0.2, 0) is 6.54 Å². The highest BCUT2D eigenvalue weighted by Gasteiger charge is 2.26. The standard InChI is InChI=1S/C18H21N7O3/c1-27-17-16(20-6-7-21-17)23-13-4-8-24(9-5-13)18(26)15-3-2-14(28-15)10-25-12-19-11-22-25/h2-3,6-7,11-13H,4-5,8-10H2,1H3,(H,20,23). The first-order valence-electron chi connectivity index (χ1n) is 9.05. The van der Waals surface area contributed by atoms with Gasteiger partial charge in [-0.3, -0.25) is 4.79 Å². The molecular weight excluding hydrogens is 362 g/mol. The van der Waals surface area contributed by atoms with Gasteiger partial charge in [-0.25, -0.2) is 19.6 Å². The molecule has 1 aliphatic rings. The summed E-state index contributed by atoms with van der Waals surface area (Å²) in [6.07, 6.45) is 7.89. The quantitative estimate of drug-likeness (QED) is 0.681. The molecule has 1 aliphatic heterocycles. The molecule has 4 heterocycles. The lowest BCUT2D eigenvalue weighted by Crippen LogP contribution is -2.42. The number of carbonyl (C=O) groups excluding carboxylic acids is 1. The Morgan fingerprint density at radius 1 is 1.29 bits per heavy atom. The van der Waals surface area contributed by atoms with Crippen LogP contribution in [0.15, 0.2) is 41.6 Å². The van der Waals surface area contributed by atoms with Crippen molar-refractivity contribution in [1.29, 1.82) is 0 Å². The summed E-state index contributed by atoms with van der Waals surface area (Å²) < 4.78 is 12.6. The number of aromatic nitrogens is 5. The molecule has 0 bridgehead atoms. The molecule has 28 heavy (non-hydrogen) atoms. The van der Waals surface area contributed by atoms with Crippen molar-refractivity contribution < 1.29 is 13.9 Å². The van der Waals surface area contributed by atoms with Gasteiger partial charge < -0.3 is 19.4 Å². The van der Waals surface area contributed by atoms with Crippen LogP contribution in [0.25, 0.3) is 0 Å². The number of hydrogen-bond donors (Lipinski definition) is 1. The summed E-state index contributed by atoms with van der Waals surface area (Å²) in [7, 11) is 1.57. The fourth-order valence-corrected chi connectivity index (χ4v) is 3.20. The van der Waals surface area contributed by atoms with E-state index < -0.39 is 0 Å². The zero-order valence-electron chi connectivity index (χ0n) is 15.5. The summed E-state index contributed by atoms with van der Waals surface area (Å²) in [5.41, 5.74) is 0. The fraction of sp³-hybridized carbons (Fsp3) is 0.389. The van der Waals surface area contributed by atoms with Crippen molar-refractivity contribution in [2.45, 2.75) is 25.4 Å². The zero-order chi connectivity index (χ0) is 19.3. The van der Waals surface area contributed by atoms with E-state index in [1.807, 2.05) is 4.90 Å². The minimum absolute atomic E-state index is 0.0969. The second-order valence-corrected chi connectivity index (χ2v) is 6.48. The molecule has 10 heteroatoms. The lowest BCUT2D eigenvalue weighted by Gasteiger charge is -2.32. The first kappa shape index (κ1) is 18.0. The number of piperidine rings is 1. The molecule has 146 valence electrons. The SMILES string of the molecule is COc1nccnc1NC1CCN(C(=O)c2ccc(Cn3cncn3)o2)CC1. The molecule has 0 radical (unpaired) electrons. The molecule has 0 atom stereocenters. The second-order valence-electron chi connectivity index (χ2n) is 6.48. The zero-order valence-corrected chi connectivity index (χ0v) is 15.5. The van der Waals surface area contributed by atoms with Crippen LogP contribution >= 0.6 is 0 Å². The van der Waals surface area contributed by atoms with Gasteiger partial charge in [0.05, 0.1) is 7.11 Å². The highest BCUT2D eigenvalue weighted by molar-refractivity contribution is 5.91. The highest BCUT2D eigenvalue weighted by atomic mass is 16.5. The molecule has 4 rings (SSSR count). The number of anilines is 1. The maximum absolute atomic E-state index is 12.7. The van der Waals surface area contributed by atoms with Gasteiger partial charge >= 0.3 is 0 Å². The summed E-state index contributed by atoms with van der Waals surface area (Å²) in [4.78, 5) is 26.8. The molecule has 0 aromatic carbocycles. The number of nitrogens with zero attached hydrogens (tertiary/aromatic N) is 6. The normalized spacial score (nSPS) is 14.8.